The molecule has 0 amide bonds. The summed E-state index contributed by atoms with van der Waals surface area (Å²) in [5, 5.41) is 5.61. The van der Waals surface area contributed by atoms with Gasteiger partial charge in [0.15, 0.2) is 0 Å². The fourth-order valence-corrected chi connectivity index (χ4v) is 5.00. The summed E-state index contributed by atoms with van der Waals surface area (Å²) in [5.74, 6) is 0. The van der Waals surface area contributed by atoms with Gasteiger partial charge in [0, 0.05) is 0 Å². The van der Waals surface area contributed by atoms with Crippen molar-refractivity contribution in [2.24, 2.45) is 0 Å². The molecule has 0 aliphatic carbocycles. The average Bonchev–Trinajstić information content (AvgIpc) is 2.93. The molecule has 20 heavy (non-hydrogen) atoms. The predicted molar refractivity (Wildman–Crippen MR) is 81.8 cm³/mol. The molecule has 4 nitrogen and oxygen atoms in total. The molecule has 0 radical (unpaired) electrons. The Balaban J connectivity index is 1.99. The fourth-order valence-electron chi connectivity index (χ4n) is 2.01. The molecule has 0 N–H and O–H groups in total. The summed E-state index contributed by atoms with van der Waals surface area (Å²) in [6.07, 6.45) is 6.13. The first kappa shape index (κ1) is 13.5. The van der Waals surface area contributed by atoms with Gasteiger partial charge in [-0.25, -0.2) is 0 Å². The number of nitrogens with zero attached hydrogens (tertiary/aromatic N) is 4. The van der Waals surface area contributed by atoms with Gasteiger partial charge in [-0.1, -0.05) is 0 Å². The second kappa shape index (κ2) is 6.34. The zero-order valence-corrected chi connectivity index (χ0v) is 13.7. The second-order valence-corrected chi connectivity index (χ2v) is 7.60. The third kappa shape index (κ3) is 2.70. The Labute approximate surface area is 128 Å². The standard InChI is InChI=1S/C15H16N4Te/c1-2-3-9-20-15-13-10-18-19(14(13)16-11-17-15)12-7-5-4-6-8-12/h4-8,10-11H,2-3,9H2,1H3. The molecule has 0 aliphatic heterocycles. The van der Waals surface area contributed by atoms with Crippen LogP contribution in [-0.4, -0.2) is 40.7 Å². The Morgan fingerprint density at radius 3 is 2.80 bits per heavy atom. The summed E-state index contributed by atoms with van der Waals surface area (Å²) in [6.45, 7) is 2.23. The molecule has 0 saturated carbocycles. The normalized spacial score (nSPS) is 11.1. The van der Waals surface area contributed by atoms with Crippen LogP contribution in [0.25, 0.3) is 16.7 Å². The molecule has 2 heterocycles. The van der Waals surface area contributed by atoms with E-state index >= 15 is 0 Å². The molecule has 102 valence electrons. The van der Waals surface area contributed by atoms with Crippen LogP contribution in [0.3, 0.4) is 0 Å². The number of para-hydroxylation sites is 1. The van der Waals surface area contributed by atoms with Gasteiger partial charge in [0.2, 0.25) is 0 Å². The molecular formula is C15H16N4Te. The minimum absolute atomic E-state index is 0.231. The number of fused-ring (bicyclic) bond motifs is 1. The predicted octanol–water partition coefficient (Wildman–Crippen LogP) is 2.36. The zero-order chi connectivity index (χ0) is 13.8. The molecular weight excluding hydrogens is 364 g/mol. The molecule has 0 bridgehead atoms. The fraction of sp³-hybridized carbons (Fsp3) is 0.267. The number of unbranched alkanes of at least 4 members (excludes halogenated alkanes) is 1. The molecule has 1 aromatic carbocycles. The summed E-state index contributed by atoms with van der Waals surface area (Å²) in [4.78, 5) is 8.90. The Kier molecular flexibility index (Phi) is 4.29. The number of hydrogen-bond donors (Lipinski definition) is 0. The first-order valence-corrected chi connectivity index (χ1v) is 9.58. The first-order chi connectivity index (χ1) is 9.90. The summed E-state index contributed by atoms with van der Waals surface area (Å²) >= 11 is -0.231. The molecule has 3 aromatic rings. The Bertz CT molecular complexity index is 693. The number of hydrogen-bond acceptors (Lipinski definition) is 3. The van der Waals surface area contributed by atoms with Crippen LogP contribution in [0.4, 0.5) is 0 Å². The van der Waals surface area contributed by atoms with Crippen molar-refractivity contribution in [3.63, 3.8) is 0 Å². The van der Waals surface area contributed by atoms with E-state index in [0.29, 0.717) is 0 Å². The van der Waals surface area contributed by atoms with Crippen molar-refractivity contribution in [3.05, 3.63) is 42.9 Å². The molecule has 0 saturated heterocycles. The zero-order valence-electron chi connectivity index (χ0n) is 11.4. The van der Waals surface area contributed by atoms with Crippen molar-refractivity contribution >= 4 is 35.7 Å². The van der Waals surface area contributed by atoms with Crippen LogP contribution in [0, 0.1) is 0 Å². The van der Waals surface area contributed by atoms with E-state index in [1.165, 1.54) is 21.1 Å². The van der Waals surface area contributed by atoms with E-state index in [1.54, 1.807) is 6.33 Å². The Morgan fingerprint density at radius 2 is 2.00 bits per heavy atom. The van der Waals surface area contributed by atoms with E-state index in [0.717, 1.165) is 16.7 Å². The van der Waals surface area contributed by atoms with Crippen LogP contribution in [-0.2, 0) is 0 Å². The molecule has 3 rings (SSSR count). The average molecular weight is 380 g/mol. The SMILES string of the molecule is CCCC[Te]c1ncnc2c1cnn2-c1ccccc1. The van der Waals surface area contributed by atoms with Crippen LogP contribution in [0.1, 0.15) is 19.8 Å². The van der Waals surface area contributed by atoms with E-state index in [4.69, 9.17) is 0 Å². The molecule has 0 aliphatic rings. The summed E-state index contributed by atoms with van der Waals surface area (Å²) in [5.41, 5.74) is 1.96. The van der Waals surface area contributed by atoms with Crippen molar-refractivity contribution in [2.45, 2.75) is 24.2 Å². The van der Waals surface area contributed by atoms with Gasteiger partial charge in [-0.05, 0) is 0 Å². The Hall–Kier alpha value is -1.44. The maximum absolute atomic E-state index is 4.49. The quantitative estimate of drug-likeness (QED) is 0.505. The van der Waals surface area contributed by atoms with Gasteiger partial charge in [0.05, 0.1) is 0 Å². The van der Waals surface area contributed by atoms with Gasteiger partial charge in [0.25, 0.3) is 0 Å². The monoisotopic (exact) mass is 382 g/mol. The van der Waals surface area contributed by atoms with Crippen LogP contribution in [0.15, 0.2) is 42.9 Å². The van der Waals surface area contributed by atoms with Gasteiger partial charge < -0.3 is 0 Å². The van der Waals surface area contributed by atoms with E-state index in [9.17, 15) is 0 Å². The van der Waals surface area contributed by atoms with E-state index in [2.05, 4.69) is 22.0 Å². The van der Waals surface area contributed by atoms with Crippen molar-refractivity contribution in [1.29, 1.82) is 0 Å². The van der Waals surface area contributed by atoms with Crippen molar-refractivity contribution in [1.82, 2.24) is 19.7 Å². The van der Waals surface area contributed by atoms with Crippen molar-refractivity contribution in [3.8, 4) is 5.69 Å². The van der Waals surface area contributed by atoms with Gasteiger partial charge in [-0.15, -0.1) is 0 Å². The number of rotatable bonds is 5. The second-order valence-electron chi connectivity index (χ2n) is 4.51. The topological polar surface area (TPSA) is 43.6 Å². The van der Waals surface area contributed by atoms with E-state index < -0.39 is 0 Å². The molecule has 2 aromatic heterocycles. The molecule has 0 unspecified atom stereocenters. The van der Waals surface area contributed by atoms with Gasteiger partial charge in [-0.2, -0.15) is 0 Å². The van der Waals surface area contributed by atoms with Crippen LogP contribution in [0.2, 0.25) is 4.47 Å². The maximum atomic E-state index is 4.49. The van der Waals surface area contributed by atoms with Gasteiger partial charge in [0.1, 0.15) is 0 Å². The third-order valence-corrected chi connectivity index (χ3v) is 6.18. The van der Waals surface area contributed by atoms with Crippen LogP contribution >= 0.6 is 0 Å². The number of aromatic nitrogens is 4. The summed E-state index contributed by atoms with van der Waals surface area (Å²) in [6, 6.07) is 10.1. The summed E-state index contributed by atoms with van der Waals surface area (Å²) in [7, 11) is 0. The Morgan fingerprint density at radius 1 is 1.15 bits per heavy atom. The molecule has 5 heteroatoms. The number of benzene rings is 1. The van der Waals surface area contributed by atoms with Crippen molar-refractivity contribution < 1.29 is 0 Å². The van der Waals surface area contributed by atoms with Crippen LogP contribution < -0.4 is 3.74 Å². The van der Waals surface area contributed by atoms with Crippen LogP contribution in [0.5, 0.6) is 0 Å². The van der Waals surface area contributed by atoms with Gasteiger partial charge in [-0.3, -0.25) is 0 Å². The van der Waals surface area contributed by atoms with E-state index in [-0.39, 0.29) is 20.9 Å². The molecule has 0 spiro atoms. The molecule has 0 atom stereocenters. The third-order valence-electron chi connectivity index (χ3n) is 3.07. The van der Waals surface area contributed by atoms with E-state index in [1.807, 2.05) is 41.2 Å². The summed E-state index contributed by atoms with van der Waals surface area (Å²) < 4.78 is 4.42. The first-order valence-electron chi connectivity index (χ1n) is 6.77. The van der Waals surface area contributed by atoms with Gasteiger partial charge >= 0.3 is 128 Å². The minimum atomic E-state index is -0.231. The van der Waals surface area contributed by atoms with Crippen molar-refractivity contribution in [2.75, 3.05) is 0 Å². The molecule has 0 fully saturated rings.